The van der Waals surface area contributed by atoms with Gasteiger partial charge in [-0.05, 0) is 107 Å². The summed E-state index contributed by atoms with van der Waals surface area (Å²) in [5, 5.41) is 0. The zero-order valence-corrected chi connectivity index (χ0v) is 17.3. The van der Waals surface area contributed by atoms with Crippen LogP contribution in [-0.2, 0) is 0 Å². The summed E-state index contributed by atoms with van der Waals surface area (Å²) in [5.74, 6) is 6.00. The Kier molecular flexibility index (Phi) is 6.07. The molecule has 144 valence electrons. The highest BCUT2D eigenvalue weighted by molar-refractivity contribution is 5.37. The van der Waals surface area contributed by atoms with E-state index in [1.165, 1.54) is 77.0 Å². The van der Waals surface area contributed by atoms with Crippen LogP contribution in [0, 0.1) is 35.5 Å². The maximum atomic E-state index is 2.55. The average molecular weight is 353 g/mol. The molecule has 0 heteroatoms. The van der Waals surface area contributed by atoms with Gasteiger partial charge in [-0.2, -0.15) is 0 Å². The van der Waals surface area contributed by atoms with E-state index in [2.05, 4.69) is 38.2 Å². The predicted molar refractivity (Wildman–Crippen MR) is 113 cm³/mol. The standard InChI is InChI=1S/C26H40/c1-3-5-6-7-19-8-10-21(11-9-19)22-12-14-23(15-13-22)24-17-16-20(4-2)25-18-26(24)25/h3,5,16-17,19,21-23,25-26H,4,6-15,18H2,1-2H3/b5-3+. The van der Waals surface area contributed by atoms with Gasteiger partial charge in [0.25, 0.3) is 0 Å². The second-order valence-corrected chi connectivity index (χ2v) is 9.75. The van der Waals surface area contributed by atoms with Gasteiger partial charge in [0.05, 0.1) is 0 Å². The molecule has 0 aliphatic heterocycles. The van der Waals surface area contributed by atoms with Crippen molar-refractivity contribution < 1.29 is 0 Å². The first-order valence-electron chi connectivity index (χ1n) is 11.8. The van der Waals surface area contributed by atoms with E-state index in [1.54, 1.807) is 5.57 Å². The SMILES string of the molecule is C/C=C/CCC1CCC(C2CCC(C3=CC=C(CC)C4CC34)CC2)CC1. The molecule has 0 heterocycles. The molecule has 0 nitrogen and oxygen atoms in total. The van der Waals surface area contributed by atoms with Gasteiger partial charge in [-0.1, -0.05) is 55.2 Å². The molecule has 3 saturated carbocycles. The second kappa shape index (κ2) is 8.49. The van der Waals surface area contributed by atoms with Crippen molar-refractivity contribution >= 4 is 0 Å². The van der Waals surface area contributed by atoms with Crippen LogP contribution in [0.2, 0.25) is 0 Å². The molecule has 0 spiro atoms. The van der Waals surface area contributed by atoms with E-state index < -0.39 is 0 Å². The molecule has 0 aromatic heterocycles. The number of fused-ring (bicyclic) bond motifs is 1. The van der Waals surface area contributed by atoms with E-state index in [9.17, 15) is 0 Å². The lowest BCUT2D eigenvalue weighted by Gasteiger charge is -2.38. The minimum Gasteiger partial charge on any atom is -0.0917 e. The number of hydrogen-bond acceptors (Lipinski definition) is 0. The molecule has 4 aliphatic carbocycles. The number of hydrogen-bond donors (Lipinski definition) is 0. The minimum absolute atomic E-state index is 0.938. The minimum atomic E-state index is 0.938. The molecule has 0 N–H and O–H groups in total. The van der Waals surface area contributed by atoms with Gasteiger partial charge in [0.2, 0.25) is 0 Å². The van der Waals surface area contributed by atoms with Crippen LogP contribution in [0.5, 0.6) is 0 Å². The third kappa shape index (κ3) is 4.05. The molecular formula is C26H40. The monoisotopic (exact) mass is 352 g/mol. The molecule has 0 radical (unpaired) electrons. The van der Waals surface area contributed by atoms with E-state index in [1.807, 2.05) is 5.57 Å². The lowest BCUT2D eigenvalue weighted by Crippen LogP contribution is -2.26. The fourth-order valence-corrected chi connectivity index (χ4v) is 6.61. The largest absolute Gasteiger partial charge is 0.0917 e. The molecule has 0 aromatic rings. The van der Waals surface area contributed by atoms with E-state index in [-0.39, 0.29) is 0 Å². The summed E-state index contributed by atoms with van der Waals surface area (Å²) >= 11 is 0. The predicted octanol–water partition coefficient (Wildman–Crippen LogP) is 7.87. The number of allylic oxidation sites excluding steroid dienone is 6. The van der Waals surface area contributed by atoms with Crippen molar-refractivity contribution in [3.63, 3.8) is 0 Å². The summed E-state index contributed by atoms with van der Waals surface area (Å²) in [6.07, 6.45) is 27.3. The Morgan fingerprint density at radius 1 is 0.885 bits per heavy atom. The highest BCUT2D eigenvalue weighted by Crippen LogP contribution is 2.56. The molecule has 2 unspecified atom stereocenters. The molecule has 0 saturated heterocycles. The third-order valence-electron chi connectivity index (χ3n) is 8.37. The summed E-state index contributed by atoms with van der Waals surface area (Å²) in [6.45, 7) is 4.49. The molecule has 3 fully saturated rings. The van der Waals surface area contributed by atoms with Gasteiger partial charge < -0.3 is 0 Å². The second-order valence-electron chi connectivity index (χ2n) is 9.75. The summed E-state index contributed by atoms with van der Waals surface area (Å²) in [5.41, 5.74) is 3.59. The van der Waals surface area contributed by atoms with Crippen LogP contribution in [-0.4, -0.2) is 0 Å². The van der Waals surface area contributed by atoms with Crippen LogP contribution in [0.1, 0.15) is 90.9 Å². The third-order valence-corrected chi connectivity index (χ3v) is 8.37. The Hall–Kier alpha value is -0.780. The normalized spacial score (nSPS) is 40.1. The van der Waals surface area contributed by atoms with Gasteiger partial charge in [-0.25, -0.2) is 0 Å². The van der Waals surface area contributed by atoms with Crippen molar-refractivity contribution in [2.75, 3.05) is 0 Å². The Morgan fingerprint density at radius 2 is 1.58 bits per heavy atom. The van der Waals surface area contributed by atoms with Crippen molar-refractivity contribution in [2.24, 2.45) is 35.5 Å². The van der Waals surface area contributed by atoms with Crippen molar-refractivity contribution in [3.05, 3.63) is 35.5 Å². The van der Waals surface area contributed by atoms with E-state index >= 15 is 0 Å². The first kappa shape index (κ1) is 18.6. The van der Waals surface area contributed by atoms with Gasteiger partial charge in [-0.15, -0.1) is 0 Å². The highest BCUT2D eigenvalue weighted by Gasteiger charge is 2.45. The molecule has 4 aliphatic rings. The lowest BCUT2D eigenvalue weighted by atomic mass is 9.67. The van der Waals surface area contributed by atoms with Crippen molar-refractivity contribution in [2.45, 2.75) is 90.9 Å². The van der Waals surface area contributed by atoms with Crippen molar-refractivity contribution in [3.8, 4) is 0 Å². The van der Waals surface area contributed by atoms with Crippen LogP contribution < -0.4 is 0 Å². The van der Waals surface area contributed by atoms with Crippen LogP contribution >= 0.6 is 0 Å². The summed E-state index contributed by atoms with van der Waals surface area (Å²) in [4.78, 5) is 0. The van der Waals surface area contributed by atoms with Crippen molar-refractivity contribution in [1.82, 2.24) is 0 Å². The lowest BCUT2D eigenvalue weighted by molar-refractivity contribution is 0.150. The topological polar surface area (TPSA) is 0 Å². The molecule has 0 aromatic carbocycles. The molecule has 26 heavy (non-hydrogen) atoms. The van der Waals surface area contributed by atoms with Crippen LogP contribution in [0.4, 0.5) is 0 Å². The van der Waals surface area contributed by atoms with Gasteiger partial charge in [0.15, 0.2) is 0 Å². The van der Waals surface area contributed by atoms with Gasteiger partial charge >= 0.3 is 0 Å². The van der Waals surface area contributed by atoms with Gasteiger partial charge in [-0.3, -0.25) is 0 Å². The van der Waals surface area contributed by atoms with Crippen molar-refractivity contribution in [1.29, 1.82) is 0 Å². The fraction of sp³-hybridized carbons (Fsp3) is 0.769. The Morgan fingerprint density at radius 3 is 2.23 bits per heavy atom. The molecule has 2 atom stereocenters. The van der Waals surface area contributed by atoms with Gasteiger partial charge in [0, 0.05) is 0 Å². The Balaban J connectivity index is 1.22. The first-order valence-corrected chi connectivity index (χ1v) is 11.8. The van der Waals surface area contributed by atoms with Crippen LogP contribution in [0.3, 0.4) is 0 Å². The Labute approximate surface area is 162 Å². The fourth-order valence-electron chi connectivity index (χ4n) is 6.61. The number of rotatable bonds is 6. The molecular weight excluding hydrogens is 312 g/mol. The molecule has 0 bridgehead atoms. The zero-order chi connectivity index (χ0) is 17.9. The maximum Gasteiger partial charge on any atom is -0.0125 e. The maximum absolute atomic E-state index is 2.55. The quantitative estimate of drug-likeness (QED) is 0.427. The van der Waals surface area contributed by atoms with Crippen LogP contribution in [0.25, 0.3) is 0 Å². The average Bonchev–Trinajstić information content (AvgIpc) is 3.49. The van der Waals surface area contributed by atoms with Crippen LogP contribution in [0.15, 0.2) is 35.5 Å². The molecule has 0 amide bonds. The summed E-state index contributed by atoms with van der Waals surface area (Å²) < 4.78 is 0. The van der Waals surface area contributed by atoms with E-state index in [4.69, 9.17) is 0 Å². The highest BCUT2D eigenvalue weighted by atomic mass is 14.5. The smallest absolute Gasteiger partial charge is 0.0125 e. The van der Waals surface area contributed by atoms with E-state index in [0.29, 0.717) is 0 Å². The molecule has 4 rings (SSSR count). The first-order chi connectivity index (χ1) is 12.8. The summed E-state index contributed by atoms with van der Waals surface area (Å²) in [6, 6.07) is 0. The zero-order valence-electron chi connectivity index (χ0n) is 17.3. The van der Waals surface area contributed by atoms with Gasteiger partial charge in [0.1, 0.15) is 0 Å². The van der Waals surface area contributed by atoms with E-state index in [0.717, 1.165) is 35.5 Å². The summed E-state index contributed by atoms with van der Waals surface area (Å²) in [7, 11) is 0. The Bertz CT molecular complexity index is 547.